The van der Waals surface area contributed by atoms with E-state index in [0.717, 1.165) is 25.7 Å². The predicted octanol–water partition coefficient (Wildman–Crippen LogP) is 1.52. The number of nitrogens with one attached hydrogen (secondary N) is 1. The van der Waals surface area contributed by atoms with Gasteiger partial charge in [-0.2, -0.15) is 4.31 Å². The lowest BCUT2D eigenvalue weighted by molar-refractivity contribution is -0.113. The molecule has 0 spiro atoms. The molecular weight excluding hydrogens is 388 g/mol. The summed E-state index contributed by atoms with van der Waals surface area (Å²) < 4.78 is 28.3. The molecule has 1 aromatic carbocycles. The predicted molar refractivity (Wildman–Crippen MR) is 99.9 cm³/mol. The Kier molecular flexibility index (Phi) is 5.15. The Balaban J connectivity index is 1.34. The standard InChI is InChI=1S/C16H20N6O3S2/c23-15(11-26-16-18-19-20-22(16)13-5-6-13)17-12-3-7-14(8-4-12)27(24,25)21-9-1-2-10-21/h3-4,7-8,13H,1-2,5-6,9-11H2,(H,17,23). The van der Waals surface area contributed by atoms with E-state index in [2.05, 4.69) is 20.8 Å². The van der Waals surface area contributed by atoms with Crippen LogP contribution >= 0.6 is 11.8 Å². The van der Waals surface area contributed by atoms with Gasteiger partial charge in [-0.15, -0.1) is 5.10 Å². The number of rotatable bonds is 7. The molecule has 2 aliphatic rings. The van der Waals surface area contributed by atoms with Crippen molar-refractivity contribution in [2.45, 2.75) is 41.8 Å². The number of hydrogen-bond donors (Lipinski definition) is 1. The SMILES string of the molecule is O=C(CSc1nnnn1C1CC1)Nc1ccc(S(=O)(=O)N2CCCC2)cc1. The molecule has 1 saturated carbocycles. The van der Waals surface area contributed by atoms with Crippen molar-refractivity contribution in [3.05, 3.63) is 24.3 Å². The number of carbonyl (C=O) groups excluding carboxylic acids is 1. The van der Waals surface area contributed by atoms with Crippen molar-refractivity contribution in [1.82, 2.24) is 24.5 Å². The Hall–Kier alpha value is -1.98. The number of aromatic nitrogens is 4. The third-order valence-electron chi connectivity index (χ3n) is 4.53. The van der Waals surface area contributed by atoms with Crippen molar-refractivity contribution in [2.75, 3.05) is 24.2 Å². The van der Waals surface area contributed by atoms with Crippen molar-refractivity contribution in [2.24, 2.45) is 0 Å². The maximum Gasteiger partial charge on any atom is 0.243 e. The highest BCUT2D eigenvalue weighted by Crippen LogP contribution is 2.36. The zero-order valence-electron chi connectivity index (χ0n) is 14.6. The van der Waals surface area contributed by atoms with Crippen molar-refractivity contribution >= 4 is 33.4 Å². The van der Waals surface area contributed by atoms with E-state index >= 15 is 0 Å². The second kappa shape index (κ2) is 7.56. The van der Waals surface area contributed by atoms with Gasteiger partial charge in [0, 0.05) is 18.8 Å². The Bertz CT molecular complexity index is 918. The molecular formula is C16H20N6O3S2. The molecule has 0 atom stereocenters. The van der Waals surface area contributed by atoms with Gasteiger partial charge in [-0.1, -0.05) is 11.8 Å². The summed E-state index contributed by atoms with van der Waals surface area (Å²) in [5, 5.41) is 15.0. The van der Waals surface area contributed by atoms with Crippen LogP contribution in [0.15, 0.2) is 34.3 Å². The Morgan fingerprint density at radius 1 is 1.19 bits per heavy atom. The minimum atomic E-state index is -3.44. The van der Waals surface area contributed by atoms with Gasteiger partial charge in [-0.25, -0.2) is 13.1 Å². The topological polar surface area (TPSA) is 110 Å². The first-order valence-electron chi connectivity index (χ1n) is 8.85. The minimum Gasteiger partial charge on any atom is -0.325 e. The number of tetrazole rings is 1. The highest BCUT2D eigenvalue weighted by molar-refractivity contribution is 7.99. The first-order valence-corrected chi connectivity index (χ1v) is 11.3. The van der Waals surface area contributed by atoms with E-state index < -0.39 is 10.0 Å². The number of carbonyl (C=O) groups is 1. The van der Waals surface area contributed by atoms with Crippen LogP contribution < -0.4 is 5.32 Å². The van der Waals surface area contributed by atoms with Crippen LogP contribution in [0.4, 0.5) is 5.69 Å². The quantitative estimate of drug-likeness (QED) is 0.692. The van der Waals surface area contributed by atoms with Crippen LogP contribution in [0.2, 0.25) is 0 Å². The lowest BCUT2D eigenvalue weighted by Crippen LogP contribution is -2.27. The second-order valence-electron chi connectivity index (χ2n) is 6.61. The summed E-state index contributed by atoms with van der Waals surface area (Å²) >= 11 is 1.29. The molecule has 27 heavy (non-hydrogen) atoms. The van der Waals surface area contributed by atoms with Crippen LogP contribution in [-0.2, 0) is 14.8 Å². The highest BCUT2D eigenvalue weighted by Gasteiger charge is 2.28. The molecule has 9 nitrogen and oxygen atoms in total. The third-order valence-corrected chi connectivity index (χ3v) is 7.37. The monoisotopic (exact) mass is 408 g/mol. The molecule has 1 amide bonds. The molecule has 1 aliphatic carbocycles. The number of amides is 1. The maximum absolute atomic E-state index is 12.5. The summed E-state index contributed by atoms with van der Waals surface area (Å²) in [6, 6.07) is 6.64. The van der Waals surface area contributed by atoms with Gasteiger partial charge in [0.1, 0.15) is 0 Å². The molecule has 2 aromatic rings. The number of anilines is 1. The fourth-order valence-electron chi connectivity index (χ4n) is 2.94. The van der Waals surface area contributed by atoms with Gasteiger partial charge >= 0.3 is 0 Å². The molecule has 0 radical (unpaired) electrons. The van der Waals surface area contributed by atoms with Crippen molar-refractivity contribution < 1.29 is 13.2 Å². The normalized spacial score (nSPS) is 17.9. The van der Waals surface area contributed by atoms with E-state index in [4.69, 9.17) is 0 Å². The molecule has 144 valence electrons. The summed E-state index contributed by atoms with van der Waals surface area (Å²) in [4.78, 5) is 12.4. The highest BCUT2D eigenvalue weighted by atomic mass is 32.2. The Morgan fingerprint density at radius 3 is 2.56 bits per heavy atom. The molecule has 2 heterocycles. The van der Waals surface area contributed by atoms with Crippen LogP contribution in [0.5, 0.6) is 0 Å². The van der Waals surface area contributed by atoms with E-state index in [1.54, 1.807) is 16.8 Å². The molecule has 11 heteroatoms. The average Bonchev–Trinajstić information content (AvgIpc) is 3.15. The van der Waals surface area contributed by atoms with Crippen LogP contribution in [0.1, 0.15) is 31.7 Å². The van der Waals surface area contributed by atoms with Crippen molar-refractivity contribution in [1.29, 1.82) is 0 Å². The van der Waals surface area contributed by atoms with E-state index in [9.17, 15) is 13.2 Å². The summed E-state index contributed by atoms with van der Waals surface area (Å²) in [6.45, 7) is 1.14. The fraction of sp³-hybridized carbons (Fsp3) is 0.500. The molecule has 0 unspecified atom stereocenters. The van der Waals surface area contributed by atoms with Gasteiger partial charge in [0.15, 0.2) is 0 Å². The molecule has 4 rings (SSSR count). The lowest BCUT2D eigenvalue weighted by atomic mass is 10.3. The summed E-state index contributed by atoms with van der Waals surface area (Å²) in [7, 11) is -3.44. The van der Waals surface area contributed by atoms with Crippen LogP contribution in [-0.4, -0.2) is 57.7 Å². The number of thioether (sulfide) groups is 1. The summed E-state index contributed by atoms with van der Waals surface area (Å²) in [5.74, 6) is -0.0125. The smallest absolute Gasteiger partial charge is 0.243 e. The average molecular weight is 409 g/mol. The van der Waals surface area contributed by atoms with Gasteiger partial charge in [0.2, 0.25) is 21.1 Å². The third kappa shape index (κ3) is 4.14. The fourth-order valence-corrected chi connectivity index (χ4v) is 5.21. The van der Waals surface area contributed by atoms with Crippen LogP contribution in [0, 0.1) is 0 Å². The molecule has 1 aromatic heterocycles. The van der Waals surface area contributed by atoms with Crippen LogP contribution in [0.3, 0.4) is 0 Å². The molecule has 0 bridgehead atoms. The number of benzene rings is 1. The van der Waals surface area contributed by atoms with Gasteiger partial charge in [0.25, 0.3) is 0 Å². The molecule has 2 fully saturated rings. The molecule has 1 N–H and O–H groups in total. The summed E-state index contributed by atoms with van der Waals surface area (Å²) in [5.41, 5.74) is 0.558. The second-order valence-corrected chi connectivity index (χ2v) is 9.49. The zero-order valence-corrected chi connectivity index (χ0v) is 16.2. The largest absolute Gasteiger partial charge is 0.325 e. The minimum absolute atomic E-state index is 0.181. The zero-order chi connectivity index (χ0) is 18.9. The number of nitrogens with zero attached hydrogens (tertiary/aromatic N) is 5. The summed E-state index contributed by atoms with van der Waals surface area (Å²) in [6.07, 6.45) is 3.93. The van der Waals surface area contributed by atoms with Gasteiger partial charge < -0.3 is 5.32 Å². The van der Waals surface area contributed by atoms with E-state index in [1.165, 1.54) is 28.2 Å². The van der Waals surface area contributed by atoms with Crippen molar-refractivity contribution in [3.63, 3.8) is 0 Å². The van der Waals surface area contributed by atoms with Gasteiger partial charge in [0.05, 0.1) is 16.7 Å². The lowest BCUT2D eigenvalue weighted by Gasteiger charge is -2.15. The first-order chi connectivity index (χ1) is 13.0. The molecule has 1 aliphatic heterocycles. The van der Waals surface area contributed by atoms with E-state index in [1.807, 2.05) is 0 Å². The van der Waals surface area contributed by atoms with Crippen molar-refractivity contribution in [3.8, 4) is 0 Å². The Morgan fingerprint density at radius 2 is 1.89 bits per heavy atom. The molecule has 1 saturated heterocycles. The van der Waals surface area contributed by atoms with E-state index in [-0.39, 0.29) is 16.6 Å². The first kappa shape index (κ1) is 18.4. The maximum atomic E-state index is 12.5. The van der Waals surface area contributed by atoms with Gasteiger partial charge in [-0.3, -0.25) is 4.79 Å². The van der Waals surface area contributed by atoms with E-state index in [0.29, 0.717) is 30.0 Å². The van der Waals surface area contributed by atoms with Crippen LogP contribution in [0.25, 0.3) is 0 Å². The number of hydrogen-bond acceptors (Lipinski definition) is 7. The Labute approximate surface area is 161 Å². The number of sulfonamides is 1. The van der Waals surface area contributed by atoms with Gasteiger partial charge in [-0.05, 0) is 60.4 Å².